The van der Waals surface area contributed by atoms with Crippen LogP contribution in [0.4, 0.5) is 0 Å². The second kappa shape index (κ2) is 40.7. The van der Waals surface area contributed by atoms with Crippen LogP contribution in [0.5, 0.6) is 0 Å². The molecular formula is C56H136O28Si16. The SMILES string of the molecule is CCO[Si](C)(CC[Si]12O[Si]3(CC[Si](C)(OCC)OCC)O[Si]4(CC[Si](C)(OCC)OCC)O[Si](CC[Si](C)(OCC)OCC)(O1)O[Si]1(CC[Si](C)(OCC)OCC)O[Si](CC[Si](C)(OCC)OCC)(O2)O[Si](CC[Si](C)(OCC)OCC)(O3)O[Si](CC[Si](C)(OCC)OCC)(O4)O1)OCC. The zero-order valence-electron chi connectivity index (χ0n) is 66.1. The van der Waals surface area contributed by atoms with E-state index in [-0.39, 0.29) is 48.4 Å². The molecule has 100 heavy (non-hydrogen) atoms. The third-order valence-corrected chi connectivity index (χ3v) is 82.4. The first kappa shape index (κ1) is 93.0. The maximum Gasteiger partial charge on any atom is 0.478 e. The summed E-state index contributed by atoms with van der Waals surface area (Å²) in [5, 5.41) is 0. The van der Waals surface area contributed by atoms with E-state index >= 15 is 0 Å². The van der Waals surface area contributed by atoms with Gasteiger partial charge in [0.2, 0.25) is 0 Å². The zero-order chi connectivity index (χ0) is 74.4. The lowest BCUT2D eigenvalue weighted by molar-refractivity contribution is -0.0303. The van der Waals surface area contributed by atoms with E-state index in [1.807, 2.05) is 111 Å². The molecule has 0 radical (unpaired) electrons. The van der Waals surface area contributed by atoms with Gasteiger partial charge in [0.05, 0.1) is 0 Å². The highest BCUT2D eigenvalue weighted by molar-refractivity contribution is 7.04. The number of rotatable bonds is 56. The molecule has 0 atom stereocenters. The van der Waals surface area contributed by atoms with Crippen molar-refractivity contribution in [2.45, 2.75) is 260 Å². The largest absolute Gasteiger partial charge is 0.478 e. The lowest BCUT2D eigenvalue weighted by Crippen LogP contribution is -2.88. The lowest BCUT2D eigenvalue weighted by Gasteiger charge is -2.64. The van der Waals surface area contributed by atoms with Crippen LogP contribution in [0, 0.1) is 0 Å². The summed E-state index contributed by atoms with van der Waals surface area (Å²) in [7, 11) is -63.8. The van der Waals surface area contributed by atoms with Gasteiger partial charge in [-0.3, -0.25) is 0 Å². The molecule has 0 aromatic rings. The first-order valence-corrected chi connectivity index (χ1v) is 73.4. The van der Waals surface area contributed by atoms with Crippen LogP contribution in [0.25, 0.3) is 0 Å². The Kier molecular flexibility index (Phi) is 37.8. The molecule has 0 aromatic heterocycles. The van der Waals surface area contributed by atoms with Gasteiger partial charge in [-0.15, -0.1) is 0 Å². The molecule has 28 nitrogen and oxygen atoms in total. The third-order valence-electron chi connectivity index (χ3n) is 18.0. The highest BCUT2D eigenvalue weighted by Gasteiger charge is 2.84. The van der Waals surface area contributed by atoms with Crippen LogP contribution in [0.1, 0.15) is 111 Å². The first-order chi connectivity index (χ1) is 47.1. The summed E-state index contributed by atoms with van der Waals surface area (Å²) in [5.41, 5.74) is 0. The van der Waals surface area contributed by atoms with E-state index in [4.69, 9.17) is 120 Å². The number of hydrogen-bond donors (Lipinski definition) is 0. The Hall–Kier alpha value is 2.35. The van der Waals surface area contributed by atoms with Gasteiger partial charge in [0.1, 0.15) is 0 Å². The number of hydrogen-bond acceptors (Lipinski definition) is 28. The molecule has 6 saturated heterocycles. The van der Waals surface area contributed by atoms with Crippen LogP contribution < -0.4 is 0 Å². The van der Waals surface area contributed by atoms with Crippen molar-refractivity contribution in [3.63, 3.8) is 0 Å². The third kappa shape index (κ3) is 26.2. The minimum absolute atomic E-state index is 0.0962. The standard InChI is InChI=1S/C56H136O28Si16/c1-25-57-85(17,58-26-2)41-49-93-73-94(50-42-86(18,59-27-3)60-28-4)76-97(53-45-89(21,65-33-9)66-34-10)78-95(74-93,51-43-87(19,61-29-5)62-30-6)80-99(55-47-91(23,69-37-13)70-38-14)81-96(75-93,52-44-88(20,63-31-7)64-32-8)79-98(77-94,54-46-90(22,67-35-11)68-36-12)83-100(82-97,84-99)56-48-92(24,71-39-15)72-40-16/h25-56H2,1-24H3. The summed E-state index contributed by atoms with van der Waals surface area (Å²) in [5.74, 6) is 0. The van der Waals surface area contributed by atoms with Crippen molar-refractivity contribution in [2.24, 2.45) is 0 Å². The minimum Gasteiger partial charge on any atom is -0.395 e. The van der Waals surface area contributed by atoms with Crippen LogP contribution in [0.3, 0.4) is 0 Å². The van der Waals surface area contributed by atoms with Crippen molar-refractivity contribution in [2.75, 3.05) is 106 Å². The van der Waals surface area contributed by atoms with Crippen molar-refractivity contribution in [3.8, 4) is 0 Å². The van der Waals surface area contributed by atoms with E-state index in [9.17, 15) is 0 Å². The maximum atomic E-state index is 8.55. The molecule has 6 heterocycles. The van der Waals surface area contributed by atoms with Gasteiger partial charge in [0.15, 0.2) is 0 Å². The molecule has 0 amide bonds. The van der Waals surface area contributed by atoms with Crippen molar-refractivity contribution < 1.29 is 120 Å². The van der Waals surface area contributed by atoms with Gasteiger partial charge >= 0.3 is 139 Å². The zero-order valence-corrected chi connectivity index (χ0v) is 82.1. The fourth-order valence-electron chi connectivity index (χ4n) is 14.0. The van der Waals surface area contributed by atoms with E-state index in [1.165, 1.54) is 0 Å². The highest BCUT2D eigenvalue weighted by atomic mass is 28.6. The molecule has 6 aliphatic rings. The van der Waals surface area contributed by atoms with Crippen LogP contribution in [-0.2, 0) is 120 Å². The van der Waals surface area contributed by atoms with E-state index in [0.717, 1.165) is 0 Å². The predicted molar refractivity (Wildman–Crippen MR) is 415 cm³/mol. The normalized spacial score (nSPS) is 28.6. The average molecular weight is 1710 g/mol. The first-order valence-electron chi connectivity index (χ1n) is 37.8. The summed E-state index contributed by atoms with van der Waals surface area (Å²) < 4.78 is 211. The van der Waals surface area contributed by atoms with E-state index in [2.05, 4.69) is 52.4 Å². The Morgan fingerprint density at radius 2 is 0.220 bits per heavy atom. The Balaban J connectivity index is 2.22. The predicted octanol–water partition coefficient (Wildman–Crippen LogP) is 12.9. The summed E-state index contributed by atoms with van der Waals surface area (Å²) >= 11 is 0. The van der Waals surface area contributed by atoms with Crippen LogP contribution in [-0.4, -0.2) is 245 Å². The highest BCUT2D eigenvalue weighted by Crippen LogP contribution is 2.57. The second-order valence-electron chi connectivity index (χ2n) is 26.7. The quantitative estimate of drug-likeness (QED) is 0.0513. The van der Waals surface area contributed by atoms with Crippen molar-refractivity contribution in [1.82, 2.24) is 0 Å². The van der Waals surface area contributed by atoms with Gasteiger partial charge in [-0.1, -0.05) is 0 Å². The molecule has 6 rings (SSSR count). The summed E-state index contributed by atoms with van der Waals surface area (Å²) in [6, 6.07) is 3.33. The second-order valence-corrected chi connectivity index (χ2v) is 78.2. The Bertz CT molecular complexity index is 1800. The maximum absolute atomic E-state index is 8.55. The molecule has 0 unspecified atom stereocenters. The van der Waals surface area contributed by atoms with E-state index in [1.54, 1.807) is 0 Å². The molecule has 6 aliphatic heterocycles. The molecule has 44 heteroatoms. The average Bonchev–Trinajstić information content (AvgIpc) is 0.685. The minimum atomic E-state index is -4.80. The summed E-state index contributed by atoms with van der Waals surface area (Å²) in [4.78, 5) is 0. The van der Waals surface area contributed by atoms with Crippen molar-refractivity contribution >= 4 is 139 Å². The Morgan fingerprint density at radius 3 is 0.280 bits per heavy atom. The summed E-state index contributed by atoms with van der Waals surface area (Å²) in [6.45, 7) is 54.5. The monoisotopic (exact) mass is 1700 g/mol. The molecule has 0 spiro atoms. The fourth-order valence-corrected chi connectivity index (χ4v) is 96.6. The molecule has 0 saturated carbocycles. The topological polar surface area (TPSA) is 258 Å². The van der Waals surface area contributed by atoms with Crippen molar-refractivity contribution in [1.29, 1.82) is 0 Å². The van der Waals surface area contributed by atoms with Crippen LogP contribution >= 0.6 is 0 Å². The molecular weight excluding hydrogens is 1570 g/mol. The van der Waals surface area contributed by atoms with Crippen molar-refractivity contribution in [3.05, 3.63) is 0 Å². The fraction of sp³-hybridized carbons (Fsp3) is 1.00. The molecule has 8 bridgehead atoms. The molecule has 592 valence electrons. The smallest absolute Gasteiger partial charge is 0.395 e. The Morgan fingerprint density at radius 1 is 0.150 bits per heavy atom. The molecule has 0 aromatic carbocycles. The van der Waals surface area contributed by atoms with E-state index < -0.39 is 139 Å². The van der Waals surface area contributed by atoms with Crippen LogP contribution in [0.15, 0.2) is 0 Å². The van der Waals surface area contributed by atoms with E-state index in [0.29, 0.717) is 154 Å². The van der Waals surface area contributed by atoms with Gasteiger partial charge in [0.25, 0.3) is 0 Å². The van der Waals surface area contributed by atoms with Gasteiger partial charge in [-0.05, 0) is 212 Å². The Labute approximate surface area is 620 Å². The molecule has 0 aliphatic carbocycles. The van der Waals surface area contributed by atoms with Gasteiger partial charge in [-0.25, -0.2) is 0 Å². The lowest BCUT2D eigenvalue weighted by atomic mass is 10.9. The van der Waals surface area contributed by atoms with Gasteiger partial charge < -0.3 is 120 Å². The van der Waals surface area contributed by atoms with Crippen LogP contribution in [0.2, 0.25) is 149 Å². The van der Waals surface area contributed by atoms with Gasteiger partial charge in [-0.2, -0.15) is 0 Å². The summed E-state index contributed by atoms with van der Waals surface area (Å²) in [6.07, 6.45) is 0. The molecule has 0 N–H and O–H groups in total. The van der Waals surface area contributed by atoms with Gasteiger partial charge in [0, 0.05) is 154 Å². The molecule has 6 fully saturated rings.